The molecule has 0 atom stereocenters. The zero-order chi connectivity index (χ0) is 19.4. The molecule has 1 aromatic carbocycles. The van der Waals surface area contributed by atoms with E-state index >= 15 is 0 Å². The number of anilines is 1. The summed E-state index contributed by atoms with van der Waals surface area (Å²) >= 11 is 0. The minimum Gasteiger partial charge on any atom is -0.463 e. The van der Waals surface area contributed by atoms with Crippen molar-refractivity contribution in [1.29, 1.82) is 0 Å². The monoisotopic (exact) mass is 386 g/mol. The third-order valence-electron chi connectivity index (χ3n) is 3.74. The lowest BCUT2D eigenvalue weighted by atomic mass is 10.2. The number of hydrogen-bond donors (Lipinski definition) is 2. The summed E-state index contributed by atoms with van der Waals surface area (Å²) in [5, 5.41) is 7.56. The van der Waals surface area contributed by atoms with Crippen LogP contribution in [-0.2, 0) is 19.6 Å². The van der Waals surface area contributed by atoms with Crippen molar-refractivity contribution >= 4 is 38.8 Å². The molecule has 0 spiro atoms. The lowest BCUT2D eigenvalue weighted by Crippen LogP contribution is -2.13. The molecule has 0 aliphatic rings. The topological polar surface area (TPSA) is 114 Å². The van der Waals surface area contributed by atoms with Gasteiger partial charge in [0.15, 0.2) is 5.65 Å². The second-order valence-electron chi connectivity index (χ2n) is 5.70. The third kappa shape index (κ3) is 4.32. The van der Waals surface area contributed by atoms with Crippen LogP contribution in [0.4, 0.5) is 5.69 Å². The Labute approximate surface area is 156 Å². The van der Waals surface area contributed by atoms with Gasteiger partial charge in [0.25, 0.3) is 10.0 Å². The van der Waals surface area contributed by atoms with Gasteiger partial charge in [0.2, 0.25) is 0 Å². The van der Waals surface area contributed by atoms with Crippen LogP contribution in [0.5, 0.6) is 0 Å². The number of rotatable bonds is 6. The minimum absolute atomic E-state index is 0.0970. The van der Waals surface area contributed by atoms with E-state index in [1.165, 1.54) is 24.4 Å². The van der Waals surface area contributed by atoms with Gasteiger partial charge in [-0.15, -0.1) is 0 Å². The number of aromatic nitrogens is 3. The molecule has 0 radical (unpaired) electrons. The summed E-state index contributed by atoms with van der Waals surface area (Å²) in [5.41, 5.74) is 2.35. The predicted molar refractivity (Wildman–Crippen MR) is 102 cm³/mol. The maximum atomic E-state index is 12.6. The van der Waals surface area contributed by atoms with Gasteiger partial charge in [0.1, 0.15) is 0 Å². The molecule has 2 aromatic heterocycles. The van der Waals surface area contributed by atoms with E-state index in [-0.39, 0.29) is 4.90 Å². The van der Waals surface area contributed by atoms with Crippen LogP contribution in [0.1, 0.15) is 18.2 Å². The van der Waals surface area contributed by atoms with Crippen molar-refractivity contribution in [2.75, 3.05) is 11.3 Å². The first-order valence-corrected chi connectivity index (χ1v) is 9.66. The van der Waals surface area contributed by atoms with Crippen molar-refractivity contribution in [1.82, 2.24) is 15.2 Å². The van der Waals surface area contributed by atoms with E-state index in [1.54, 1.807) is 31.2 Å². The van der Waals surface area contributed by atoms with Crippen LogP contribution in [-0.4, -0.2) is 36.2 Å². The molecule has 3 rings (SSSR count). The highest BCUT2D eigenvalue weighted by Crippen LogP contribution is 2.21. The van der Waals surface area contributed by atoms with Crippen LogP contribution in [0.3, 0.4) is 0 Å². The number of aromatic amines is 1. The molecule has 2 N–H and O–H groups in total. The van der Waals surface area contributed by atoms with E-state index in [9.17, 15) is 13.2 Å². The minimum atomic E-state index is -3.77. The molecule has 8 nitrogen and oxygen atoms in total. The van der Waals surface area contributed by atoms with Gasteiger partial charge in [-0.3, -0.25) is 9.82 Å². The fourth-order valence-electron chi connectivity index (χ4n) is 2.40. The molecule has 9 heteroatoms. The number of ether oxygens (including phenoxy) is 1. The van der Waals surface area contributed by atoms with Gasteiger partial charge in [-0.05, 0) is 43.7 Å². The fraction of sp³-hybridized carbons (Fsp3) is 0.167. The zero-order valence-electron chi connectivity index (χ0n) is 14.8. The first-order valence-electron chi connectivity index (χ1n) is 8.17. The summed E-state index contributed by atoms with van der Waals surface area (Å²) in [6.45, 7) is 3.85. The molecule has 27 heavy (non-hydrogen) atoms. The number of nitrogens with one attached hydrogen (secondary N) is 2. The average molecular weight is 386 g/mol. The summed E-state index contributed by atoms with van der Waals surface area (Å²) < 4.78 is 32.4. The van der Waals surface area contributed by atoms with Crippen molar-refractivity contribution in [2.24, 2.45) is 0 Å². The molecule has 0 amide bonds. The van der Waals surface area contributed by atoms with Gasteiger partial charge < -0.3 is 4.74 Å². The highest BCUT2D eigenvalue weighted by molar-refractivity contribution is 7.92. The Morgan fingerprint density at radius 3 is 2.74 bits per heavy atom. The lowest BCUT2D eigenvalue weighted by Gasteiger charge is -2.08. The van der Waals surface area contributed by atoms with Gasteiger partial charge in [0, 0.05) is 17.2 Å². The molecule has 3 aromatic rings. The average Bonchev–Trinajstić information content (AvgIpc) is 3.01. The number of carbonyl (C=O) groups excluding carboxylic acids is 1. The maximum absolute atomic E-state index is 12.6. The van der Waals surface area contributed by atoms with Gasteiger partial charge in [-0.2, -0.15) is 5.10 Å². The summed E-state index contributed by atoms with van der Waals surface area (Å²) in [4.78, 5) is 15.5. The fourth-order valence-corrected chi connectivity index (χ4v) is 3.44. The Kier molecular flexibility index (Phi) is 5.22. The number of benzene rings is 1. The number of carbonyl (C=O) groups is 1. The van der Waals surface area contributed by atoms with Crippen molar-refractivity contribution in [3.8, 4) is 0 Å². The molecule has 0 unspecified atom stereocenters. The number of fused-ring (bicyclic) bond motifs is 1. The summed E-state index contributed by atoms with van der Waals surface area (Å²) in [7, 11) is -3.77. The van der Waals surface area contributed by atoms with Gasteiger partial charge >= 0.3 is 5.97 Å². The molecular weight excluding hydrogens is 368 g/mol. The van der Waals surface area contributed by atoms with Crippen LogP contribution < -0.4 is 4.72 Å². The van der Waals surface area contributed by atoms with Crippen LogP contribution in [0, 0.1) is 6.92 Å². The number of H-pyrrole nitrogens is 1. The van der Waals surface area contributed by atoms with E-state index in [1.807, 2.05) is 6.92 Å². The van der Waals surface area contributed by atoms with Crippen LogP contribution in [0.2, 0.25) is 0 Å². The van der Waals surface area contributed by atoms with Crippen molar-refractivity contribution < 1.29 is 17.9 Å². The maximum Gasteiger partial charge on any atom is 0.330 e. The quantitative estimate of drug-likeness (QED) is 0.497. The van der Waals surface area contributed by atoms with Gasteiger partial charge in [0.05, 0.1) is 23.4 Å². The van der Waals surface area contributed by atoms with Crippen LogP contribution >= 0.6 is 0 Å². The first-order chi connectivity index (χ1) is 12.9. The standard InChI is InChI=1S/C18H18N4O4S/c1-3-26-17(23)9-6-13-4-7-15(8-5-13)27(24,25)22-14-10-16-12(2)20-21-18(16)19-11-14/h4-11,22H,3H2,1-2H3,(H,19,20,21)/b9-6+. The molecule has 2 heterocycles. The van der Waals surface area contributed by atoms with Crippen molar-refractivity contribution in [3.05, 3.63) is 53.9 Å². The van der Waals surface area contributed by atoms with Gasteiger partial charge in [-0.1, -0.05) is 12.1 Å². The summed E-state index contributed by atoms with van der Waals surface area (Å²) in [6.07, 6.45) is 4.26. The zero-order valence-corrected chi connectivity index (χ0v) is 15.6. The van der Waals surface area contributed by atoms with Gasteiger partial charge in [-0.25, -0.2) is 18.2 Å². The molecule has 0 fully saturated rings. The van der Waals surface area contributed by atoms with E-state index in [0.717, 1.165) is 11.1 Å². The first kappa shape index (κ1) is 18.6. The third-order valence-corrected chi connectivity index (χ3v) is 5.14. The largest absolute Gasteiger partial charge is 0.463 e. The Morgan fingerprint density at radius 1 is 1.30 bits per heavy atom. The van der Waals surface area contributed by atoms with E-state index in [4.69, 9.17) is 4.74 Å². The molecular formula is C18H18N4O4S. The molecule has 0 aliphatic carbocycles. The SMILES string of the molecule is CCOC(=O)/C=C/c1ccc(S(=O)(=O)Nc2cnc3n[nH]c(C)c3c2)cc1. The number of sulfonamides is 1. The number of hydrogen-bond acceptors (Lipinski definition) is 6. The van der Waals surface area contributed by atoms with E-state index < -0.39 is 16.0 Å². The summed E-state index contributed by atoms with van der Waals surface area (Å²) in [5.74, 6) is -0.451. The Morgan fingerprint density at radius 2 is 2.04 bits per heavy atom. The molecule has 0 aliphatic heterocycles. The normalized spacial score (nSPS) is 11.8. The number of aryl methyl sites for hydroxylation is 1. The lowest BCUT2D eigenvalue weighted by molar-refractivity contribution is -0.137. The Bertz CT molecular complexity index is 1100. The predicted octanol–water partition coefficient (Wildman–Crippen LogP) is 2.64. The molecule has 0 saturated heterocycles. The molecule has 140 valence electrons. The Hall–Kier alpha value is -3.20. The number of nitrogens with zero attached hydrogens (tertiary/aromatic N) is 2. The van der Waals surface area contributed by atoms with Crippen molar-refractivity contribution in [3.63, 3.8) is 0 Å². The number of esters is 1. The highest BCUT2D eigenvalue weighted by atomic mass is 32.2. The van der Waals surface area contributed by atoms with Crippen LogP contribution in [0.25, 0.3) is 17.1 Å². The second kappa shape index (κ2) is 7.58. The second-order valence-corrected chi connectivity index (χ2v) is 7.39. The Balaban J connectivity index is 1.77. The number of pyridine rings is 1. The summed E-state index contributed by atoms with van der Waals surface area (Å²) in [6, 6.07) is 7.80. The van der Waals surface area contributed by atoms with Crippen molar-refractivity contribution in [2.45, 2.75) is 18.7 Å². The molecule has 0 bridgehead atoms. The van der Waals surface area contributed by atoms with E-state index in [2.05, 4.69) is 19.9 Å². The molecule has 0 saturated carbocycles. The smallest absolute Gasteiger partial charge is 0.330 e. The van der Waals surface area contributed by atoms with E-state index in [0.29, 0.717) is 23.5 Å². The van der Waals surface area contributed by atoms with Crippen LogP contribution in [0.15, 0.2) is 47.5 Å². The highest BCUT2D eigenvalue weighted by Gasteiger charge is 2.15.